The van der Waals surface area contributed by atoms with E-state index in [0.29, 0.717) is 12.3 Å². The third-order valence-electron chi connectivity index (χ3n) is 3.53. The van der Waals surface area contributed by atoms with Gasteiger partial charge < -0.3 is 4.74 Å². The number of hydrogen-bond acceptors (Lipinski definition) is 4. The summed E-state index contributed by atoms with van der Waals surface area (Å²) in [5, 5.41) is 0. The maximum Gasteiger partial charge on any atom is 0.322 e. The first-order valence-electron chi connectivity index (χ1n) is 6.97. The number of ketones is 1. The van der Waals surface area contributed by atoms with Crippen LogP contribution in [0.3, 0.4) is 0 Å². The minimum absolute atomic E-state index is 0.0665. The minimum Gasteiger partial charge on any atom is -0.407 e. The van der Waals surface area contributed by atoms with Crippen molar-refractivity contribution < 1.29 is 14.3 Å². The van der Waals surface area contributed by atoms with Crippen LogP contribution in [0, 0.1) is 5.92 Å². The first-order chi connectivity index (χ1) is 10.5. The summed E-state index contributed by atoms with van der Waals surface area (Å²) in [4.78, 5) is 28.0. The highest BCUT2D eigenvalue weighted by Crippen LogP contribution is 2.28. The number of hydrogen-bond donors (Lipinski definition) is 0. The van der Waals surface area contributed by atoms with E-state index in [2.05, 4.69) is 20.9 Å². The summed E-state index contributed by atoms with van der Waals surface area (Å²) in [5.74, 6) is -0.381. The average Bonchev–Trinajstić information content (AvgIpc) is 2.47. The molecule has 1 aromatic rings. The molecule has 3 rings (SSSR count). The number of benzene rings is 1. The molecule has 5 heteroatoms. The number of ether oxygens (including phenoxy) is 1. The molecule has 0 amide bonds. The lowest BCUT2D eigenvalue weighted by molar-refractivity contribution is -0.139. The summed E-state index contributed by atoms with van der Waals surface area (Å²) in [6.45, 7) is 1.53. The number of rotatable bonds is 3. The smallest absolute Gasteiger partial charge is 0.322 e. The standard InChI is InChI=1S/C17H14BrNO3/c1-10(20)7-11-5-6-15-14(8-11)17(21)22-16(19-15)12-3-2-4-13(18)9-12/h2-6,8-9,14-15H,7H2,1H3. The highest BCUT2D eigenvalue weighted by molar-refractivity contribution is 9.10. The Bertz CT molecular complexity index is 733. The Morgan fingerprint density at radius 2 is 2.23 bits per heavy atom. The van der Waals surface area contributed by atoms with Crippen LogP contribution in [0.25, 0.3) is 0 Å². The molecule has 0 fully saturated rings. The highest BCUT2D eigenvalue weighted by atomic mass is 79.9. The van der Waals surface area contributed by atoms with Gasteiger partial charge in [-0.1, -0.05) is 40.2 Å². The zero-order valence-corrected chi connectivity index (χ0v) is 13.5. The monoisotopic (exact) mass is 359 g/mol. The molecule has 112 valence electrons. The van der Waals surface area contributed by atoms with Crippen LogP contribution < -0.4 is 0 Å². The lowest BCUT2D eigenvalue weighted by Crippen LogP contribution is -2.35. The molecular formula is C17H14BrNO3. The van der Waals surface area contributed by atoms with Crippen LogP contribution in [0.15, 0.2) is 57.5 Å². The molecule has 2 aliphatic rings. The maximum absolute atomic E-state index is 12.3. The number of aliphatic imine (C=N–C) groups is 1. The van der Waals surface area contributed by atoms with E-state index in [1.807, 2.05) is 36.4 Å². The lowest BCUT2D eigenvalue weighted by atomic mass is 9.89. The third kappa shape index (κ3) is 3.09. The van der Waals surface area contributed by atoms with Crippen LogP contribution in [0.1, 0.15) is 18.9 Å². The molecule has 2 atom stereocenters. The minimum atomic E-state index is -0.449. The van der Waals surface area contributed by atoms with E-state index in [1.54, 1.807) is 6.08 Å². The molecule has 0 spiro atoms. The van der Waals surface area contributed by atoms with Crippen molar-refractivity contribution in [3.63, 3.8) is 0 Å². The molecule has 4 nitrogen and oxygen atoms in total. The third-order valence-corrected chi connectivity index (χ3v) is 4.02. The van der Waals surface area contributed by atoms with E-state index in [1.165, 1.54) is 6.92 Å². The second-order valence-electron chi connectivity index (χ2n) is 5.36. The zero-order chi connectivity index (χ0) is 15.7. The van der Waals surface area contributed by atoms with E-state index < -0.39 is 5.92 Å². The fourth-order valence-electron chi connectivity index (χ4n) is 2.54. The summed E-state index contributed by atoms with van der Waals surface area (Å²) >= 11 is 3.39. The number of nitrogens with zero attached hydrogens (tertiary/aromatic N) is 1. The average molecular weight is 360 g/mol. The first kappa shape index (κ1) is 14.9. The van der Waals surface area contributed by atoms with Crippen molar-refractivity contribution in [2.75, 3.05) is 0 Å². The summed E-state index contributed by atoms with van der Waals surface area (Å²) < 4.78 is 6.27. The van der Waals surface area contributed by atoms with Gasteiger partial charge in [0.05, 0.1) is 6.04 Å². The van der Waals surface area contributed by atoms with Gasteiger partial charge in [0, 0.05) is 16.5 Å². The molecule has 1 heterocycles. The summed E-state index contributed by atoms with van der Waals surface area (Å²) in [5.41, 5.74) is 1.60. The van der Waals surface area contributed by atoms with Crippen LogP contribution in [0.4, 0.5) is 0 Å². The molecule has 0 radical (unpaired) electrons. The number of allylic oxidation sites excluding steroid dienone is 2. The van der Waals surface area contributed by atoms with Gasteiger partial charge in [-0.2, -0.15) is 0 Å². The first-order valence-corrected chi connectivity index (χ1v) is 7.76. The second kappa shape index (κ2) is 6.01. The Kier molecular flexibility index (Phi) is 4.07. The van der Waals surface area contributed by atoms with Crippen molar-refractivity contribution in [1.82, 2.24) is 0 Å². The van der Waals surface area contributed by atoms with Crippen LogP contribution in [-0.4, -0.2) is 23.7 Å². The molecule has 2 unspecified atom stereocenters. The van der Waals surface area contributed by atoms with Gasteiger partial charge in [-0.25, -0.2) is 4.99 Å². The van der Waals surface area contributed by atoms with Gasteiger partial charge in [0.1, 0.15) is 11.7 Å². The topological polar surface area (TPSA) is 55.7 Å². The Hall–Kier alpha value is -2.01. The number of cyclic esters (lactones) is 1. The molecule has 22 heavy (non-hydrogen) atoms. The molecule has 1 aromatic carbocycles. The van der Waals surface area contributed by atoms with Crippen molar-refractivity contribution >= 4 is 33.6 Å². The number of Topliss-reactive ketones (excluding diaryl/α,β-unsaturated/α-hetero) is 1. The molecule has 1 aliphatic heterocycles. The molecule has 0 saturated heterocycles. The van der Waals surface area contributed by atoms with Crippen molar-refractivity contribution in [2.24, 2.45) is 10.9 Å². The van der Waals surface area contributed by atoms with Gasteiger partial charge >= 0.3 is 5.97 Å². The number of esters is 1. The largest absolute Gasteiger partial charge is 0.407 e. The van der Waals surface area contributed by atoms with Gasteiger partial charge in [0.25, 0.3) is 0 Å². The number of carbonyl (C=O) groups is 2. The second-order valence-corrected chi connectivity index (χ2v) is 6.28. The zero-order valence-electron chi connectivity index (χ0n) is 12.0. The van der Waals surface area contributed by atoms with E-state index in [9.17, 15) is 9.59 Å². The Labute approximate surface area is 136 Å². The van der Waals surface area contributed by atoms with Crippen molar-refractivity contribution in [3.8, 4) is 0 Å². The quantitative estimate of drug-likeness (QED) is 0.778. The van der Waals surface area contributed by atoms with Gasteiger partial charge in [0.15, 0.2) is 0 Å². The molecule has 1 aliphatic carbocycles. The lowest BCUT2D eigenvalue weighted by Gasteiger charge is -2.27. The van der Waals surface area contributed by atoms with Crippen molar-refractivity contribution in [3.05, 3.63) is 58.1 Å². The van der Waals surface area contributed by atoms with Crippen LogP contribution in [0.5, 0.6) is 0 Å². The number of halogens is 1. The van der Waals surface area contributed by atoms with E-state index >= 15 is 0 Å². The van der Waals surface area contributed by atoms with Gasteiger partial charge in [-0.3, -0.25) is 9.59 Å². The Morgan fingerprint density at radius 1 is 1.41 bits per heavy atom. The Balaban J connectivity index is 1.89. The van der Waals surface area contributed by atoms with Crippen LogP contribution in [0.2, 0.25) is 0 Å². The van der Waals surface area contributed by atoms with Gasteiger partial charge in [-0.05, 0) is 30.7 Å². The maximum atomic E-state index is 12.3. The van der Waals surface area contributed by atoms with Crippen molar-refractivity contribution in [1.29, 1.82) is 0 Å². The normalized spacial score (nSPS) is 23.3. The molecule has 0 bridgehead atoms. The number of carbonyl (C=O) groups excluding carboxylic acids is 2. The highest BCUT2D eigenvalue weighted by Gasteiger charge is 2.34. The van der Waals surface area contributed by atoms with E-state index in [0.717, 1.165) is 15.6 Å². The summed E-state index contributed by atoms with van der Waals surface area (Å²) in [6.07, 6.45) is 5.84. The van der Waals surface area contributed by atoms with Gasteiger partial charge in [0.2, 0.25) is 5.90 Å². The van der Waals surface area contributed by atoms with E-state index in [-0.39, 0.29) is 17.8 Å². The molecule has 0 saturated carbocycles. The van der Waals surface area contributed by atoms with Crippen LogP contribution in [-0.2, 0) is 14.3 Å². The van der Waals surface area contributed by atoms with Crippen LogP contribution >= 0.6 is 15.9 Å². The van der Waals surface area contributed by atoms with Crippen molar-refractivity contribution in [2.45, 2.75) is 19.4 Å². The molecule has 0 aromatic heterocycles. The van der Waals surface area contributed by atoms with E-state index in [4.69, 9.17) is 4.74 Å². The molecule has 0 N–H and O–H groups in total. The summed E-state index contributed by atoms with van der Waals surface area (Å²) in [7, 11) is 0. The molecular weight excluding hydrogens is 346 g/mol. The Morgan fingerprint density at radius 3 is 2.95 bits per heavy atom. The fraction of sp³-hybridized carbons (Fsp3) is 0.235. The predicted octanol–water partition coefficient (Wildman–Crippen LogP) is 3.21. The summed E-state index contributed by atoms with van der Waals surface area (Å²) in [6, 6.07) is 7.19. The predicted molar refractivity (Wildman–Crippen MR) is 86.6 cm³/mol. The fourth-order valence-corrected chi connectivity index (χ4v) is 2.94. The van der Waals surface area contributed by atoms with Gasteiger partial charge in [-0.15, -0.1) is 0 Å². The number of fused-ring (bicyclic) bond motifs is 1. The SMILES string of the molecule is CC(=O)CC1=CC2C(=O)OC(c3cccc(Br)c3)=NC2C=C1.